The van der Waals surface area contributed by atoms with Gasteiger partial charge in [-0.05, 0) is 24.3 Å². The molecule has 0 spiro atoms. The molecule has 4 rings (SSSR count). The monoisotopic (exact) mass is 438 g/mol. The number of benzene rings is 2. The summed E-state index contributed by atoms with van der Waals surface area (Å²) in [6.07, 6.45) is 7.38. The average molecular weight is 439 g/mol. The first kappa shape index (κ1) is 20.9. The summed E-state index contributed by atoms with van der Waals surface area (Å²) in [6.45, 7) is 1.65. The largest absolute Gasteiger partial charge is 0.493 e. The third-order valence-corrected chi connectivity index (χ3v) is 5.52. The highest BCUT2D eigenvalue weighted by atomic mass is 35.5. The Balaban J connectivity index is 1.59. The van der Waals surface area contributed by atoms with Gasteiger partial charge in [-0.2, -0.15) is 0 Å². The summed E-state index contributed by atoms with van der Waals surface area (Å²) in [5.74, 6) is 1.91. The molecular weight excluding hydrogens is 416 g/mol. The fourth-order valence-corrected chi connectivity index (χ4v) is 3.77. The van der Waals surface area contributed by atoms with E-state index in [1.54, 1.807) is 7.11 Å². The number of methoxy groups -OCH3 is 1. The molecule has 2 heterocycles. The van der Waals surface area contributed by atoms with E-state index in [9.17, 15) is 4.79 Å². The van der Waals surface area contributed by atoms with Gasteiger partial charge in [0.15, 0.2) is 11.5 Å². The van der Waals surface area contributed by atoms with Gasteiger partial charge in [0.05, 0.1) is 23.3 Å². The first-order valence-corrected chi connectivity index (χ1v) is 10.4. The predicted octanol–water partition coefficient (Wildman–Crippen LogP) is 4.59. The van der Waals surface area contributed by atoms with Gasteiger partial charge in [-0.1, -0.05) is 23.7 Å². The summed E-state index contributed by atoms with van der Waals surface area (Å²) < 4.78 is 11.9. The normalized spacial score (nSPS) is 14.7. The van der Waals surface area contributed by atoms with Gasteiger partial charge >= 0.3 is 0 Å². The number of halogens is 1. The Labute approximate surface area is 185 Å². The molecule has 1 N–H and O–H groups in total. The van der Waals surface area contributed by atoms with E-state index in [2.05, 4.69) is 20.2 Å². The van der Waals surface area contributed by atoms with E-state index >= 15 is 0 Å². The number of likely N-dealkylation sites (tertiary alicyclic amines) is 1. The molecule has 1 aliphatic rings. The lowest BCUT2D eigenvalue weighted by Crippen LogP contribution is -2.35. The number of hydrogen-bond donors (Lipinski definition) is 1. The number of carbonyl (C=O) groups is 1. The Morgan fingerprint density at radius 3 is 2.71 bits per heavy atom. The van der Waals surface area contributed by atoms with Gasteiger partial charge in [-0.3, -0.25) is 4.79 Å². The van der Waals surface area contributed by atoms with E-state index in [0.29, 0.717) is 22.3 Å². The van der Waals surface area contributed by atoms with Gasteiger partial charge in [0.25, 0.3) is 0 Å². The zero-order valence-corrected chi connectivity index (χ0v) is 17.9. The number of nitrogens with one attached hydrogen (secondary N) is 1. The van der Waals surface area contributed by atoms with Crippen molar-refractivity contribution in [3.8, 4) is 11.5 Å². The van der Waals surface area contributed by atoms with E-state index in [4.69, 9.17) is 21.1 Å². The SMILES string of the molecule is COc1cc2ncnc(Nc3ccccc3Cl)c2cc1OC1CCN(C=CC=O)CC1. The van der Waals surface area contributed by atoms with Crippen molar-refractivity contribution in [2.24, 2.45) is 0 Å². The van der Waals surface area contributed by atoms with Crippen LogP contribution in [0.5, 0.6) is 11.5 Å². The van der Waals surface area contributed by atoms with Crippen LogP contribution < -0.4 is 14.8 Å². The van der Waals surface area contributed by atoms with Gasteiger partial charge in [-0.25, -0.2) is 9.97 Å². The molecule has 0 aliphatic carbocycles. The molecule has 31 heavy (non-hydrogen) atoms. The molecule has 0 radical (unpaired) electrons. The second-order valence-electron chi connectivity index (χ2n) is 7.18. The first-order chi connectivity index (χ1) is 15.2. The van der Waals surface area contributed by atoms with E-state index in [0.717, 1.165) is 48.8 Å². The summed E-state index contributed by atoms with van der Waals surface area (Å²) in [4.78, 5) is 21.4. The molecular formula is C23H23ClN4O3. The highest BCUT2D eigenvalue weighted by Crippen LogP contribution is 2.36. The van der Waals surface area contributed by atoms with Gasteiger partial charge in [0.2, 0.25) is 0 Å². The Bertz CT molecular complexity index is 1100. The smallest absolute Gasteiger partial charge is 0.162 e. The maximum absolute atomic E-state index is 10.5. The van der Waals surface area contributed by atoms with E-state index in [1.165, 1.54) is 12.4 Å². The summed E-state index contributed by atoms with van der Waals surface area (Å²) in [5.41, 5.74) is 1.50. The zero-order chi connectivity index (χ0) is 21.6. The Morgan fingerprint density at radius 2 is 1.97 bits per heavy atom. The fraction of sp³-hybridized carbons (Fsp3) is 0.261. The Kier molecular flexibility index (Phi) is 6.52. The van der Waals surface area contributed by atoms with Crippen LogP contribution in [0.1, 0.15) is 12.8 Å². The summed E-state index contributed by atoms with van der Waals surface area (Å²) in [7, 11) is 1.62. The molecule has 0 atom stereocenters. The molecule has 2 aromatic carbocycles. The number of allylic oxidation sites excluding steroid dienone is 1. The molecule has 0 unspecified atom stereocenters. The van der Waals surface area contributed by atoms with Crippen LogP contribution in [0.4, 0.5) is 11.5 Å². The van der Waals surface area contributed by atoms with E-state index < -0.39 is 0 Å². The summed E-state index contributed by atoms with van der Waals surface area (Å²) >= 11 is 6.30. The maximum atomic E-state index is 10.5. The predicted molar refractivity (Wildman–Crippen MR) is 121 cm³/mol. The van der Waals surface area contributed by atoms with Crippen molar-refractivity contribution in [2.75, 3.05) is 25.5 Å². The number of aromatic nitrogens is 2. The fourth-order valence-electron chi connectivity index (χ4n) is 3.58. The number of aldehydes is 1. The topological polar surface area (TPSA) is 76.6 Å². The summed E-state index contributed by atoms with van der Waals surface area (Å²) in [5, 5.41) is 4.70. The van der Waals surface area contributed by atoms with E-state index in [-0.39, 0.29) is 6.10 Å². The zero-order valence-electron chi connectivity index (χ0n) is 17.1. The summed E-state index contributed by atoms with van der Waals surface area (Å²) in [6, 6.07) is 11.3. The van der Waals surface area contributed by atoms with Crippen LogP contribution in [0.25, 0.3) is 10.9 Å². The minimum absolute atomic E-state index is 0.0526. The highest BCUT2D eigenvalue weighted by molar-refractivity contribution is 6.33. The number of anilines is 2. The van der Waals surface area contributed by atoms with Crippen LogP contribution in [-0.2, 0) is 4.79 Å². The van der Waals surface area contributed by atoms with Crippen LogP contribution >= 0.6 is 11.6 Å². The third kappa shape index (κ3) is 4.88. The molecule has 0 amide bonds. The van der Waals surface area contributed by atoms with Crippen molar-refractivity contribution >= 4 is 40.3 Å². The number of nitrogens with zero attached hydrogens (tertiary/aromatic N) is 3. The third-order valence-electron chi connectivity index (χ3n) is 5.19. The van der Waals surface area contributed by atoms with E-state index in [1.807, 2.05) is 42.6 Å². The van der Waals surface area contributed by atoms with Crippen molar-refractivity contribution in [1.82, 2.24) is 14.9 Å². The highest BCUT2D eigenvalue weighted by Gasteiger charge is 2.21. The van der Waals surface area contributed by atoms with Gasteiger partial charge in [0.1, 0.15) is 24.5 Å². The number of rotatable bonds is 7. The molecule has 160 valence electrons. The van der Waals surface area contributed by atoms with Crippen molar-refractivity contribution in [1.29, 1.82) is 0 Å². The van der Waals surface area contributed by atoms with Gasteiger partial charge in [-0.15, -0.1) is 0 Å². The molecule has 1 saturated heterocycles. The van der Waals surface area contributed by atoms with Crippen LogP contribution in [0.15, 0.2) is 55.0 Å². The van der Waals surface area contributed by atoms with Crippen molar-refractivity contribution < 1.29 is 14.3 Å². The first-order valence-electron chi connectivity index (χ1n) is 10.0. The Morgan fingerprint density at radius 1 is 1.16 bits per heavy atom. The molecule has 8 heteroatoms. The van der Waals surface area contributed by atoms with Crippen LogP contribution in [0, 0.1) is 0 Å². The van der Waals surface area contributed by atoms with Crippen LogP contribution in [-0.4, -0.2) is 47.5 Å². The minimum atomic E-state index is 0.0526. The molecule has 1 fully saturated rings. The lowest BCUT2D eigenvalue weighted by Gasteiger charge is -2.31. The number of para-hydroxylation sites is 1. The molecule has 1 aromatic heterocycles. The van der Waals surface area contributed by atoms with Crippen LogP contribution in [0.2, 0.25) is 5.02 Å². The molecule has 0 bridgehead atoms. The molecule has 3 aromatic rings. The van der Waals surface area contributed by atoms with Gasteiger partial charge in [0, 0.05) is 43.6 Å². The molecule has 0 saturated carbocycles. The van der Waals surface area contributed by atoms with Crippen molar-refractivity contribution in [2.45, 2.75) is 18.9 Å². The molecule has 1 aliphatic heterocycles. The minimum Gasteiger partial charge on any atom is -0.493 e. The lowest BCUT2D eigenvalue weighted by molar-refractivity contribution is -0.104. The standard InChI is InChI=1S/C23H23ClN4O3/c1-30-21-14-20-17(23(26-15-25-20)27-19-6-3-2-5-18(19)24)13-22(21)31-16-7-10-28(11-8-16)9-4-12-29/h2-6,9,12-16H,7-8,10-11H2,1H3,(H,25,26,27). The number of ether oxygens (including phenoxy) is 2. The number of hydrogen-bond acceptors (Lipinski definition) is 7. The van der Waals surface area contributed by atoms with Crippen molar-refractivity contribution in [3.63, 3.8) is 0 Å². The van der Waals surface area contributed by atoms with Crippen molar-refractivity contribution in [3.05, 3.63) is 60.0 Å². The second-order valence-corrected chi connectivity index (χ2v) is 7.59. The Hall–Kier alpha value is -3.32. The van der Waals surface area contributed by atoms with Gasteiger partial charge < -0.3 is 19.7 Å². The quantitative estimate of drug-likeness (QED) is 0.427. The number of fused-ring (bicyclic) bond motifs is 1. The maximum Gasteiger partial charge on any atom is 0.162 e. The number of piperidine rings is 1. The number of carbonyl (C=O) groups excluding carboxylic acids is 1. The second kappa shape index (κ2) is 9.66. The molecule has 7 nitrogen and oxygen atoms in total. The lowest BCUT2D eigenvalue weighted by atomic mass is 10.1. The van der Waals surface area contributed by atoms with Crippen LogP contribution in [0.3, 0.4) is 0 Å². The average Bonchev–Trinajstić information content (AvgIpc) is 2.80.